The van der Waals surface area contributed by atoms with Crippen LogP contribution in [0.1, 0.15) is 20.3 Å². The fourth-order valence-corrected chi connectivity index (χ4v) is 4.79. The Hall–Kier alpha value is -0.740. The molecule has 0 radical (unpaired) electrons. The van der Waals surface area contributed by atoms with Crippen LogP contribution in [-0.2, 0) is 0 Å². The number of nitrogens with zero attached hydrogens (tertiary/aromatic N) is 1. The molecular formula is C15H23FN2S. The van der Waals surface area contributed by atoms with Gasteiger partial charge >= 0.3 is 0 Å². The van der Waals surface area contributed by atoms with E-state index in [9.17, 15) is 4.39 Å². The minimum atomic E-state index is -0.196. The topological polar surface area (TPSA) is 29.3 Å². The fourth-order valence-electron chi connectivity index (χ4n) is 2.95. The Morgan fingerprint density at radius 3 is 2.74 bits per heavy atom. The highest BCUT2D eigenvalue weighted by atomic mass is 32.2. The van der Waals surface area contributed by atoms with Crippen molar-refractivity contribution in [2.75, 3.05) is 30.0 Å². The van der Waals surface area contributed by atoms with E-state index in [1.807, 2.05) is 24.9 Å². The molecule has 1 fully saturated rings. The van der Waals surface area contributed by atoms with Crippen LogP contribution in [0.2, 0.25) is 0 Å². The lowest BCUT2D eigenvalue weighted by Gasteiger charge is -2.55. The highest BCUT2D eigenvalue weighted by Crippen LogP contribution is 2.46. The predicted molar refractivity (Wildman–Crippen MR) is 82.3 cm³/mol. The zero-order valence-corrected chi connectivity index (χ0v) is 12.8. The van der Waals surface area contributed by atoms with Gasteiger partial charge in [-0.25, -0.2) is 4.39 Å². The van der Waals surface area contributed by atoms with Gasteiger partial charge in [0.2, 0.25) is 0 Å². The standard InChI is InChI=1S/C15H23FN2S/c1-14(2)7-8-19-11-15(14,10-17)18(3)13-6-4-5-12(16)9-13/h4-6,9H,7-8,10-11,17H2,1-3H3. The lowest BCUT2D eigenvalue weighted by atomic mass is 9.69. The predicted octanol–water partition coefficient (Wildman–Crippen LogP) is 3.12. The highest BCUT2D eigenvalue weighted by Gasteiger charge is 2.49. The summed E-state index contributed by atoms with van der Waals surface area (Å²) in [6.45, 7) is 5.13. The van der Waals surface area contributed by atoms with Gasteiger partial charge < -0.3 is 10.6 Å². The van der Waals surface area contributed by atoms with E-state index in [1.54, 1.807) is 12.1 Å². The molecule has 4 heteroatoms. The highest BCUT2D eigenvalue weighted by molar-refractivity contribution is 7.99. The summed E-state index contributed by atoms with van der Waals surface area (Å²) in [5.74, 6) is 1.97. The Labute approximate surface area is 119 Å². The number of nitrogens with two attached hydrogens (primary N) is 1. The third kappa shape index (κ3) is 2.48. The van der Waals surface area contributed by atoms with Gasteiger partial charge in [-0.2, -0.15) is 11.8 Å². The summed E-state index contributed by atoms with van der Waals surface area (Å²) in [5, 5.41) is 0. The summed E-state index contributed by atoms with van der Waals surface area (Å²) >= 11 is 1.94. The van der Waals surface area contributed by atoms with Gasteiger partial charge in [-0.05, 0) is 35.8 Å². The number of likely N-dealkylation sites (N-methyl/N-ethyl adjacent to an activating group) is 1. The van der Waals surface area contributed by atoms with Crippen LogP contribution >= 0.6 is 11.8 Å². The number of rotatable bonds is 3. The second-order valence-electron chi connectivity index (χ2n) is 5.96. The minimum Gasteiger partial charge on any atom is -0.366 e. The lowest BCUT2D eigenvalue weighted by molar-refractivity contribution is 0.175. The first-order valence-corrected chi connectivity index (χ1v) is 7.86. The molecule has 2 N–H and O–H groups in total. The Kier molecular flexibility index (Phi) is 4.11. The largest absolute Gasteiger partial charge is 0.366 e. The van der Waals surface area contributed by atoms with Crippen LogP contribution in [-0.4, -0.2) is 30.6 Å². The zero-order valence-electron chi connectivity index (χ0n) is 11.9. The van der Waals surface area contributed by atoms with Gasteiger partial charge in [0.05, 0.1) is 5.54 Å². The van der Waals surface area contributed by atoms with Gasteiger partial charge in [0.1, 0.15) is 5.82 Å². The molecule has 1 aromatic rings. The number of hydrogen-bond acceptors (Lipinski definition) is 3. The van der Waals surface area contributed by atoms with Gasteiger partial charge in [0.25, 0.3) is 0 Å². The SMILES string of the molecule is CN(c1cccc(F)c1)C1(CN)CSCCC1(C)C. The van der Waals surface area contributed by atoms with Crippen LogP contribution < -0.4 is 10.6 Å². The molecule has 1 aromatic carbocycles. The van der Waals surface area contributed by atoms with Gasteiger partial charge in [-0.3, -0.25) is 0 Å². The van der Waals surface area contributed by atoms with Crippen molar-refractivity contribution in [1.29, 1.82) is 0 Å². The monoisotopic (exact) mass is 282 g/mol. The zero-order chi connectivity index (χ0) is 14.1. The molecule has 0 spiro atoms. The number of thioether (sulfide) groups is 1. The lowest BCUT2D eigenvalue weighted by Crippen LogP contribution is -2.65. The molecule has 19 heavy (non-hydrogen) atoms. The minimum absolute atomic E-state index is 0.119. The van der Waals surface area contributed by atoms with E-state index in [2.05, 4.69) is 18.7 Å². The van der Waals surface area contributed by atoms with Crippen molar-refractivity contribution in [2.45, 2.75) is 25.8 Å². The quantitative estimate of drug-likeness (QED) is 0.923. The number of hydrogen-bond donors (Lipinski definition) is 1. The Morgan fingerprint density at radius 1 is 1.42 bits per heavy atom. The molecule has 2 rings (SSSR count). The smallest absolute Gasteiger partial charge is 0.125 e. The van der Waals surface area contributed by atoms with Crippen molar-refractivity contribution in [1.82, 2.24) is 0 Å². The molecule has 106 valence electrons. The van der Waals surface area contributed by atoms with E-state index in [0.29, 0.717) is 6.54 Å². The van der Waals surface area contributed by atoms with E-state index in [1.165, 1.54) is 11.8 Å². The second-order valence-corrected chi connectivity index (χ2v) is 7.07. The first-order valence-electron chi connectivity index (χ1n) is 6.70. The molecule has 1 aliphatic rings. The van der Waals surface area contributed by atoms with E-state index in [4.69, 9.17) is 5.73 Å². The third-order valence-electron chi connectivity index (χ3n) is 4.65. The van der Waals surface area contributed by atoms with Crippen molar-refractivity contribution in [3.05, 3.63) is 30.1 Å². The van der Waals surface area contributed by atoms with Crippen LogP contribution in [0.15, 0.2) is 24.3 Å². The van der Waals surface area contributed by atoms with Crippen molar-refractivity contribution in [3.63, 3.8) is 0 Å². The summed E-state index contributed by atoms with van der Waals surface area (Å²) in [7, 11) is 2.04. The van der Waals surface area contributed by atoms with E-state index < -0.39 is 0 Å². The summed E-state index contributed by atoms with van der Waals surface area (Å²) in [5.41, 5.74) is 7.04. The third-order valence-corrected chi connectivity index (χ3v) is 5.82. The van der Waals surface area contributed by atoms with Gasteiger partial charge in [0, 0.05) is 25.0 Å². The molecule has 1 heterocycles. The van der Waals surface area contributed by atoms with Gasteiger partial charge in [-0.15, -0.1) is 0 Å². The Morgan fingerprint density at radius 2 is 2.16 bits per heavy atom. The first kappa shape index (κ1) is 14.7. The van der Waals surface area contributed by atoms with E-state index in [-0.39, 0.29) is 16.8 Å². The normalized spacial score (nSPS) is 26.2. The van der Waals surface area contributed by atoms with Crippen molar-refractivity contribution < 1.29 is 4.39 Å². The molecule has 1 saturated heterocycles. The molecule has 1 atom stereocenters. The van der Waals surface area contributed by atoms with Crippen molar-refractivity contribution >= 4 is 17.4 Å². The molecule has 0 bridgehead atoms. The van der Waals surface area contributed by atoms with Crippen molar-refractivity contribution in [2.24, 2.45) is 11.1 Å². The summed E-state index contributed by atoms with van der Waals surface area (Å²) in [6.07, 6.45) is 1.13. The number of anilines is 1. The van der Waals surface area contributed by atoms with Crippen LogP contribution in [0.5, 0.6) is 0 Å². The number of benzene rings is 1. The average molecular weight is 282 g/mol. The molecule has 0 saturated carbocycles. The molecule has 0 amide bonds. The summed E-state index contributed by atoms with van der Waals surface area (Å²) in [6, 6.07) is 6.78. The maximum atomic E-state index is 13.5. The Bertz CT molecular complexity index is 450. The molecule has 2 nitrogen and oxygen atoms in total. The van der Waals surface area contributed by atoms with Crippen LogP contribution in [0.4, 0.5) is 10.1 Å². The summed E-state index contributed by atoms with van der Waals surface area (Å²) in [4.78, 5) is 2.18. The average Bonchev–Trinajstić information content (AvgIpc) is 2.38. The van der Waals surface area contributed by atoms with Gasteiger partial charge in [-0.1, -0.05) is 19.9 Å². The number of halogens is 1. The fraction of sp³-hybridized carbons (Fsp3) is 0.600. The molecule has 0 aromatic heterocycles. The van der Waals surface area contributed by atoms with E-state index in [0.717, 1.165) is 17.9 Å². The van der Waals surface area contributed by atoms with Gasteiger partial charge in [0.15, 0.2) is 0 Å². The summed E-state index contributed by atoms with van der Waals surface area (Å²) < 4.78 is 13.5. The van der Waals surface area contributed by atoms with E-state index >= 15 is 0 Å². The Balaban J connectivity index is 2.40. The molecule has 1 unspecified atom stereocenters. The van der Waals surface area contributed by atoms with Crippen molar-refractivity contribution in [3.8, 4) is 0 Å². The maximum absolute atomic E-state index is 13.5. The molecule has 0 aliphatic carbocycles. The van der Waals surface area contributed by atoms with Crippen LogP contribution in [0.3, 0.4) is 0 Å². The van der Waals surface area contributed by atoms with Crippen LogP contribution in [0, 0.1) is 11.2 Å². The first-order chi connectivity index (χ1) is 8.93. The molecule has 1 aliphatic heterocycles. The second kappa shape index (κ2) is 5.33. The molecular weight excluding hydrogens is 259 g/mol. The maximum Gasteiger partial charge on any atom is 0.125 e. The van der Waals surface area contributed by atoms with Crippen LogP contribution in [0.25, 0.3) is 0 Å².